The summed E-state index contributed by atoms with van der Waals surface area (Å²) >= 11 is 0. The molecule has 0 radical (unpaired) electrons. The molecule has 1 aliphatic heterocycles. The summed E-state index contributed by atoms with van der Waals surface area (Å²) in [5, 5.41) is 22.1. The number of rotatable bonds is 6. The largest absolute Gasteiger partial charge is 0.497 e. The van der Waals surface area contributed by atoms with Crippen molar-refractivity contribution in [1.82, 2.24) is 14.8 Å². The molecule has 3 rings (SSSR count). The van der Waals surface area contributed by atoms with Crippen molar-refractivity contribution in [2.24, 2.45) is 5.92 Å². The van der Waals surface area contributed by atoms with Crippen LogP contribution in [0.1, 0.15) is 36.7 Å². The number of hydrogen-bond donors (Lipinski definition) is 3. The quantitative estimate of drug-likeness (QED) is 0.509. The molecule has 3 amide bonds. The standard InChI is InChI=1S/C27H34N4O6/c1-17-14-31(18(2)16-32)26(34)23-12-20(7-6-19(3)33)13-28-25(23)37-24(17)15-30(4)27(35)29-21-8-10-22(36-5)11-9-21/h8-13,17-19,24,32-33H,14-16H2,1-5H3,(H,29,35)/t17-,18-,19-,24-/m1/s1. The second kappa shape index (κ2) is 12.4. The average Bonchev–Trinajstić information content (AvgIpc) is 2.89. The van der Waals surface area contributed by atoms with E-state index in [1.54, 1.807) is 63.2 Å². The number of nitrogens with one attached hydrogen (secondary N) is 1. The first-order valence-corrected chi connectivity index (χ1v) is 12.1. The zero-order valence-electron chi connectivity index (χ0n) is 21.8. The molecule has 10 heteroatoms. The molecule has 10 nitrogen and oxygen atoms in total. The molecule has 0 saturated heterocycles. The number of aliphatic hydroxyl groups is 2. The van der Waals surface area contributed by atoms with Gasteiger partial charge >= 0.3 is 6.03 Å². The van der Waals surface area contributed by atoms with Crippen molar-refractivity contribution < 1.29 is 29.3 Å². The lowest BCUT2D eigenvalue weighted by Gasteiger charge is -2.37. The lowest BCUT2D eigenvalue weighted by atomic mass is 10.00. The number of urea groups is 1. The maximum atomic E-state index is 13.4. The van der Waals surface area contributed by atoms with Gasteiger partial charge in [0.25, 0.3) is 5.91 Å². The Morgan fingerprint density at radius 2 is 2.05 bits per heavy atom. The molecule has 0 aliphatic carbocycles. The molecule has 1 aliphatic rings. The summed E-state index contributed by atoms with van der Waals surface area (Å²) < 4.78 is 11.4. The number of aromatic nitrogens is 1. The first kappa shape index (κ1) is 27.8. The van der Waals surface area contributed by atoms with Gasteiger partial charge < -0.3 is 34.8 Å². The van der Waals surface area contributed by atoms with Crippen molar-refractivity contribution >= 4 is 17.6 Å². The van der Waals surface area contributed by atoms with Gasteiger partial charge in [-0.15, -0.1) is 0 Å². The molecule has 0 fully saturated rings. The summed E-state index contributed by atoms with van der Waals surface area (Å²) in [6.07, 6.45) is 0.156. The van der Waals surface area contributed by atoms with Crippen molar-refractivity contribution in [3.8, 4) is 23.5 Å². The van der Waals surface area contributed by atoms with Gasteiger partial charge in [-0.1, -0.05) is 18.8 Å². The molecule has 0 spiro atoms. The number of ether oxygens (including phenoxy) is 2. The van der Waals surface area contributed by atoms with Gasteiger partial charge in [-0.05, 0) is 44.2 Å². The Hall–Kier alpha value is -3.81. The van der Waals surface area contributed by atoms with Gasteiger partial charge in [0.05, 0.1) is 26.3 Å². The van der Waals surface area contributed by atoms with Crippen LogP contribution in [0.3, 0.4) is 0 Å². The number of amides is 3. The van der Waals surface area contributed by atoms with Crippen LogP contribution in [-0.4, -0.2) is 89.0 Å². The SMILES string of the molecule is COc1ccc(NC(=O)N(C)C[C@H]2Oc3ncc(C#C[C@@H](C)O)cc3C(=O)N([C@H](C)CO)C[C@H]2C)cc1. The van der Waals surface area contributed by atoms with E-state index in [0.717, 1.165) is 0 Å². The van der Waals surface area contributed by atoms with Crippen LogP contribution in [0.2, 0.25) is 0 Å². The van der Waals surface area contributed by atoms with Gasteiger partial charge in [-0.3, -0.25) is 4.79 Å². The number of fused-ring (bicyclic) bond motifs is 1. The average molecular weight is 511 g/mol. The topological polar surface area (TPSA) is 124 Å². The lowest BCUT2D eigenvalue weighted by Crippen LogP contribution is -2.50. The highest BCUT2D eigenvalue weighted by Gasteiger charge is 2.34. The zero-order chi connectivity index (χ0) is 27.1. The van der Waals surface area contributed by atoms with Gasteiger partial charge in [0.15, 0.2) is 0 Å². The summed E-state index contributed by atoms with van der Waals surface area (Å²) in [4.78, 5) is 33.7. The smallest absolute Gasteiger partial charge is 0.321 e. The Labute approximate surface area is 217 Å². The Balaban J connectivity index is 1.85. The Bertz CT molecular complexity index is 1160. The number of carbonyl (C=O) groups is 2. The first-order valence-electron chi connectivity index (χ1n) is 12.1. The minimum absolute atomic E-state index is 0.128. The van der Waals surface area contributed by atoms with Crippen molar-refractivity contribution in [3.63, 3.8) is 0 Å². The fraction of sp³-hybridized carbons (Fsp3) is 0.444. The number of benzene rings is 1. The van der Waals surface area contributed by atoms with E-state index in [2.05, 4.69) is 22.1 Å². The van der Waals surface area contributed by atoms with E-state index in [-0.39, 0.29) is 42.5 Å². The molecular weight excluding hydrogens is 476 g/mol. The van der Waals surface area contributed by atoms with E-state index in [0.29, 0.717) is 23.5 Å². The first-order chi connectivity index (χ1) is 17.6. The van der Waals surface area contributed by atoms with E-state index in [4.69, 9.17) is 9.47 Å². The van der Waals surface area contributed by atoms with Gasteiger partial charge in [-0.2, -0.15) is 0 Å². The van der Waals surface area contributed by atoms with Crippen LogP contribution in [0.5, 0.6) is 11.6 Å². The third kappa shape index (κ3) is 7.12. The van der Waals surface area contributed by atoms with E-state index in [9.17, 15) is 19.8 Å². The number of anilines is 1. The summed E-state index contributed by atoms with van der Waals surface area (Å²) in [6.45, 7) is 5.56. The molecule has 3 N–H and O–H groups in total. The van der Waals surface area contributed by atoms with Crippen molar-refractivity contribution in [2.45, 2.75) is 39.0 Å². The number of aliphatic hydroxyl groups excluding tert-OH is 2. The summed E-state index contributed by atoms with van der Waals surface area (Å²) in [5.41, 5.74) is 1.28. The van der Waals surface area contributed by atoms with Crippen LogP contribution in [-0.2, 0) is 0 Å². The second-order valence-electron chi connectivity index (χ2n) is 9.18. The van der Waals surface area contributed by atoms with E-state index in [1.165, 1.54) is 11.1 Å². The number of nitrogens with zero attached hydrogens (tertiary/aromatic N) is 3. The summed E-state index contributed by atoms with van der Waals surface area (Å²) in [6, 6.07) is 7.82. The van der Waals surface area contributed by atoms with Crippen LogP contribution in [0.15, 0.2) is 36.5 Å². The number of likely N-dealkylation sites (N-methyl/N-ethyl adjacent to an activating group) is 1. The molecule has 0 unspecified atom stereocenters. The van der Waals surface area contributed by atoms with Crippen LogP contribution in [0.25, 0.3) is 0 Å². The molecule has 0 saturated carbocycles. The van der Waals surface area contributed by atoms with Gasteiger partial charge in [0.2, 0.25) is 5.88 Å². The van der Waals surface area contributed by atoms with Crippen LogP contribution < -0.4 is 14.8 Å². The monoisotopic (exact) mass is 510 g/mol. The predicted molar refractivity (Wildman–Crippen MR) is 139 cm³/mol. The lowest BCUT2D eigenvalue weighted by molar-refractivity contribution is 0.0356. The van der Waals surface area contributed by atoms with Crippen LogP contribution in [0, 0.1) is 17.8 Å². The number of hydrogen-bond acceptors (Lipinski definition) is 7. The van der Waals surface area contributed by atoms with Crippen molar-refractivity contribution in [3.05, 3.63) is 47.7 Å². The van der Waals surface area contributed by atoms with Crippen molar-refractivity contribution in [2.75, 3.05) is 39.2 Å². The van der Waals surface area contributed by atoms with E-state index in [1.807, 2.05) is 6.92 Å². The maximum absolute atomic E-state index is 13.4. The molecule has 2 heterocycles. The molecule has 0 bridgehead atoms. The highest BCUT2D eigenvalue weighted by atomic mass is 16.5. The number of pyridine rings is 1. The summed E-state index contributed by atoms with van der Waals surface area (Å²) in [5.74, 6) is 5.74. The van der Waals surface area contributed by atoms with Gasteiger partial charge in [0, 0.05) is 37.0 Å². The molecule has 37 heavy (non-hydrogen) atoms. The molecule has 1 aromatic heterocycles. The maximum Gasteiger partial charge on any atom is 0.321 e. The highest BCUT2D eigenvalue weighted by molar-refractivity contribution is 5.97. The fourth-order valence-corrected chi connectivity index (χ4v) is 3.82. The normalized spacial score (nSPS) is 18.7. The van der Waals surface area contributed by atoms with Gasteiger partial charge in [0.1, 0.15) is 23.5 Å². The molecular formula is C27H34N4O6. The highest BCUT2D eigenvalue weighted by Crippen LogP contribution is 2.27. The number of carbonyl (C=O) groups excluding carboxylic acids is 2. The number of methoxy groups -OCH3 is 1. The predicted octanol–water partition coefficient (Wildman–Crippen LogP) is 2.21. The minimum atomic E-state index is -0.829. The molecule has 4 atom stereocenters. The van der Waals surface area contributed by atoms with Crippen LogP contribution in [0.4, 0.5) is 10.5 Å². The third-order valence-corrected chi connectivity index (χ3v) is 6.09. The Morgan fingerprint density at radius 3 is 2.68 bits per heavy atom. The van der Waals surface area contributed by atoms with Crippen molar-refractivity contribution in [1.29, 1.82) is 0 Å². The molecule has 1 aromatic carbocycles. The minimum Gasteiger partial charge on any atom is -0.497 e. The fourth-order valence-electron chi connectivity index (χ4n) is 3.82. The Morgan fingerprint density at radius 1 is 1.35 bits per heavy atom. The van der Waals surface area contributed by atoms with Crippen LogP contribution >= 0.6 is 0 Å². The van der Waals surface area contributed by atoms with Gasteiger partial charge in [-0.25, -0.2) is 9.78 Å². The van der Waals surface area contributed by atoms with E-state index >= 15 is 0 Å². The Kier molecular flexibility index (Phi) is 9.33. The molecule has 2 aromatic rings. The third-order valence-electron chi connectivity index (χ3n) is 6.09. The van der Waals surface area contributed by atoms with E-state index < -0.39 is 18.2 Å². The zero-order valence-corrected chi connectivity index (χ0v) is 21.8. The molecule has 198 valence electrons. The summed E-state index contributed by atoms with van der Waals surface area (Å²) in [7, 11) is 3.24. The second-order valence-corrected chi connectivity index (χ2v) is 9.18.